The Morgan fingerprint density at radius 3 is 2.10 bits per heavy atom. The van der Waals surface area contributed by atoms with Gasteiger partial charge in [0.15, 0.2) is 0 Å². The fourth-order valence-electron chi connectivity index (χ4n) is 4.44. The van der Waals surface area contributed by atoms with E-state index in [4.69, 9.17) is 11.6 Å². The van der Waals surface area contributed by atoms with Crippen molar-refractivity contribution >= 4 is 55.1 Å². The molecule has 0 aliphatic rings. The molecule has 0 saturated carbocycles. The zero-order valence-corrected chi connectivity index (χ0v) is 25.4. The van der Waals surface area contributed by atoms with Crippen LogP contribution in [0.2, 0.25) is 5.02 Å². The monoisotopic (exact) mass is 653 g/mol. The van der Waals surface area contributed by atoms with Crippen molar-refractivity contribution in [2.75, 3.05) is 17.9 Å². The van der Waals surface area contributed by atoms with E-state index in [1.807, 2.05) is 54.6 Å². The lowest BCUT2D eigenvalue weighted by molar-refractivity contribution is -0.139. The molecular weight excluding hydrogens is 626 g/mol. The fourth-order valence-corrected chi connectivity index (χ4v) is 6.63. The van der Waals surface area contributed by atoms with Crippen LogP contribution < -0.4 is 9.62 Å². The van der Waals surface area contributed by atoms with Gasteiger partial charge in [-0.15, -0.1) is 0 Å². The van der Waals surface area contributed by atoms with E-state index in [9.17, 15) is 18.0 Å². The van der Waals surface area contributed by atoms with E-state index in [1.54, 1.807) is 42.5 Å². The Morgan fingerprint density at radius 2 is 1.46 bits per heavy atom. The molecule has 0 unspecified atom stereocenters. The summed E-state index contributed by atoms with van der Waals surface area (Å²) in [5.74, 6) is -0.929. The first-order chi connectivity index (χ1) is 19.7. The van der Waals surface area contributed by atoms with Crippen molar-refractivity contribution in [2.24, 2.45) is 0 Å². The highest BCUT2D eigenvalue weighted by molar-refractivity contribution is 9.10. The predicted octanol–water partition coefficient (Wildman–Crippen LogP) is 5.68. The molecule has 4 aromatic carbocycles. The third-order valence-electron chi connectivity index (χ3n) is 6.49. The molecule has 0 spiro atoms. The lowest BCUT2D eigenvalue weighted by atomic mass is 10.0. The molecule has 0 aromatic heterocycles. The Kier molecular flexibility index (Phi) is 10.2. The number of sulfonamides is 1. The molecule has 212 valence electrons. The van der Waals surface area contributed by atoms with Crippen molar-refractivity contribution in [2.45, 2.75) is 23.9 Å². The summed E-state index contributed by atoms with van der Waals surface area (Å²) in [5.41, 5.74) is 1.78. The number of amides is 2. The third-order valence-corrected chi connectivity index (χ3v) is 9.08. The summed E-state index contributed by atoms with van der Waals surface area (Å²) in [4.78, 5) is 29.0. The lowest BCUT2D eigenvalue weighted by Gasteiger charge is -2.33. The van der Waals surface area contributed by atoms with E-state index in [2.05, 4.69) is 21.2 Å². The number of benzene rings is 4. The molecule has 0 fully saturated rings. The first-order valence-corrected chi connectivity index (χ1v) is 15.4. The van der Waals surface area contributed by atoms with Gasteiger partial charge in [0, 0.05) is 24.5 Å². The minimum absolute atomic E-state index is 0.0124. The number of nitrogens with zero attached hydrogens (tertiary/aromatic N) is 2. The number of para-hydroxylation sites is 1. The zero-order chi connectivity index (χ0) is 29.4. The smallest absolute Gasteiger partial charge is 0.264 e. The van der Waals surface area contributed by atoms with Crippen molar-refractivity contribution in [1.82, 2.24) is 10.2 Å². The molecule has 0 aliphatic carbocycles. The normalized spacial score (nSPS) is 11.9. The number of hydrogen-bond acceptors (Lipinski definition) is 4. The average molecular weight is 655 g/mol. The number of halogens is 2. The minimum atomic E-state index is -4.20. The fraction of sp³-hybridized carbons (Fsp3) is 0.161. The van der Waals surface area contributed by atoms with Gasteiger partial charge in [0.1, 0.15) is 12.6 Å². The van der Waals surface area contributed by atoms with Gasteiger partial charge in [-0.3, -0.25) is 13.9 Å². The number of likely N-dealkylation sites (N-methyl/N-ethyl adjacent to an activating group) is 1. The Morgan fingerprint density at radius 1 is 0.854 bits per heavy atom. The molecule has 1 N–H and O–H groups in total. The topological polar surface area (TPSA) is 86.8 Å². The van der Waals surface area contributed by atoms with Gasteiger partial charge in [0.05, 0.1) is 15.6 Å². The molecule has 0 bridgehead atoms. The first-order valence-electron chi connectivity index (χ1n) is 12.8. The molecule has 0 radical (unpaired) electrons. The molecule has 0 heterocycles. The van der Waals surface area contributed by atoms with Crippen LogP contribution in [0.1, 0.15) is 11.1 Å². The summed E-state index contributed by atoms with van der Waals surface area (Å²) in [6.45, 7) is -0.498. The van der Waals surface area contributed by atoms with Gasteiger partial charge in [-0.25, -0.2) is 8.42 Å². The molecule has 10 heteroatoms. The highest BCUT2D eigenvalue weighted by Gasteiger charge is 2.34. The second-order valence-electron chi connectivity index (χ2n) is 9.25. The number of anilines is 1. The standard InChI is InChI=1S/C31H29BrClN3O4S/c1-34-31(38)29(20-23-11-4-2-5-12-23)35(21-24-13-10-14-25(32)19-24)30(37)22-36(28-18-9-8-17-27(28)33)41(39,40)26-15-6-3-7-16-26/h2-19,29H,20-22H2,1H3,(H,34,38)/t29-/m1/s1. The Labute approximate surface area is 253 Å². The Hall–Kier alpha value is -3.66. The van der Waals surface area contributed by atoms with Crippen molar-refractivity contribution < 1.29 is 18.0 Å². The van der Waals surface area contributed by atoms with Crippen molar-refractivity contribution in [1.29, 1.82) is 0 Å². The molecule has 7 nitrogen and oxygen atoms in total. The van der Waals surface area contributed by atoms with E-state index >= 15 is 0 Å². The lowest BCUT2D eigenvalue weighted by Crippen LogP contribution is -2.53. The van der Waals surface area contributed by atoms with Crippen LogP contribution in [0.15, 0.2) is 119 Å². The second kappa shape index (κ2) is 13.8. The SMILES string of the molecule is CNC(=O)[C@@H](Cc1ccccc1)N(Cc1cccc(Br)c1)C(=O)CN(c1ccccc1Cl)S(=O)(=O)c1ccccc1. The van der Waals surface area contributed by atoms with E-state index in [-0.39, 0.29) is 34.5 Å². The molecule has 4 rings (SSSR count). The van der Waals surface area contributed by atoms with Crippen molar-refractivity contribution in [3.8, 4) is 0 Å². The molecular formula is C31H29BrClN3O4S. The highest BCUT2D eigenvalue weighted by atomic mass is 79.9. The number of nitrogens with one attached hydrogen (secondary N) is 1. The molecule has 0 saturated heterocycles. The summed E-state index contributed by atoms with van der Waals surface area (Å²) >= 11 is 9.93. The van der Waals surface area contributed by atoms with Crippen LogP contribution in [0, 0.1) is 0 Å². The van der Waals surface area contributed by atoms with Crippen LogP contribution in [-0.2, 0) is 32.6 Å². The highest BCUT2D eigenvalue weighted by Crippen LogP contribution is 2.31. The van der Waals surface area contributed by atoms with E-state index < -0.39 is 28.5 Å². The van der Waals surface area contributed by atoms with Gasteiger partial charge < -0.3 is 10.2 Å². The van der Waals surface area contributed by atoms with Gasteiger partial charge in [0.2, 0.25) is 11.8 Å². The van der Waals surface area contributed by atoms with Crippen LogP contribution in [0.3, 0.4) is 0 Å². The van der Waals surface area contributed by atoms with Gasteiger partial charge in [-0.05, 0) is 47.5 Å². The molecule has 0 aliphatic heterocycles. The summed E-state index contributed by atoms with van der Waals surface area (Å²) in [7, 11) is -2.69. The van der Waals surface area contributed by atoms with Crippen LogP contribution in [0.4, 0.5) is 5.69 Å². The van der Waals surface area contributed by atoms with E-state index in [0.29, 0.717) is 0 Å². The van der Waals surface area contributed by atoms with E-state index in [1.165, 1.54) is 24.1 Å². The average Bonchev–Trinajstić information content (AvgIpc) is 2.98. The number of carbonyl (C=O) groups is 2. The van der Waals surface area contributed by atoms with Gasteiger partial charge in [0.25, 0.3) is 10.0 Å². The van der Waals surface area contributed by atoms with Gasteiger partial charge >= 0.3 is 0 Å². The van der Waals surface area contributed by atoms with Crippen LogP contribution in [0.5, 0.6) is 0 Å². The quantitative estimate of drug-likeness (QED) is 0.225. The van der Waals surface area contributed by atoms with Crippen LogP contribution >= 0.6 is 27.5 Å². The third kappa shape index (κ3) is 7.55. The van der Waals surface area contributed by atoms with Crippen LogP contribution in [0.25, 0.3) is 0 Å². The van der Waals surface area contributed by atoms with Gasteiger partial charge in [-0.2, -0.15) is 0 Å². The molecule has 1 atom stereocenters. The predicted molar refractivity (Wildman–Crippen MR) is 165 cm³/mol. The Bertz CT molecular complexity index is 1600. The summed E-state index contributed by atoms with van der Waals surface area (Å²) in [6, 6.07) is 30.2. The summed E-state index contributed by atoms with van der Waals surface area (Å²) in [6.07, 6.45) is 0.234. The Balaban J connectivity index is 1.79. The zero-order valence-electron chi connectivity index (χ0n) is 22.3. The maximum absolute atomic E-state index is 14.2. The maximum atomic E-state index is 14.2. The first kappa shape index (κ1) is 30.3. The van der Waals surface area contributed by atoms with Crippen molar-refractivity contribution in [3.63, 3.8) is 0 Å². The van der Waals surface area contributed by atoms with E-state index in [0.717, 1.165) is 19.9 Å². The van der Waals surface area contributed by atoms with Gasteiger partial charge in [-0.1, -0.05) is 100 Å². The second-order valence-corrected chi connectivity index (χ2v) is 12.4. The summed E-state index contributed by atoms with van der Waals surface area (Å²) in [5, 5.41) is 2.84. The number of carbonyl (C=O) groups excluding carboxylic acids is 2. The van der Waals surface area contributed by atoms with Crippen LogP contribution in [-0.4, -0.2) is 44.8 Å². The summed E-state index contributed by atoms with van der Waals surface area (Å²) < 4.78 is 29.6. The number of hydrogen-bond donors (Lipinski definition) is 1. The largest absolute Gasteiger partial charge is 0.357 e. The minimum Gasteiger partial charge on any atom is -0.357 e. The van der Waals surface area contributed by atoms with Crippen molar-refractivity contribution in [3.05, 3.63) is 130 Å². The molecule has 41 heavy (non-hydrogen) atoms. The maximum Gasteiger partial charge on any atom is 0.264 e. The molecule has 2 amide bonds. The number of rotatable bonds is 11. The molecule has 4 aromatic rings.